The summed E-state index contributed by atoms with van der Waals surface area (Å²) in [5.41, 5.74) is 4.51. The van der Waals surface area contributed by atoms with Gasteiger partial charge in [-0.1, -0.05) is 18.2 Å². The van der Waals surface area contributed by atoms with E-state index in [4.69, 9.17) is 5.26 Å². The Bertz CT molecular complexity index is 697. The Labute approximate surface area is 130 Å². The molecule has 108 valence electrons. The topological polar surface area (TPSA) is 40.8 Å². The molecular formula is C17H19N3S. The Morgan fingerprint density at radius 1 is 1.43 bits per heavy atom. The Hall–Kier alpha value is -1.70. The summed E-state index contributed by atoms with van der Waals surface area (Å²) in [5.74, 6) is 1.16. The lowest BCUT2D eigenvalue weighted by Crippen LogP contribution is -2.24. The van der Waals surface area contributed by atoms with Gasteiger partial charge in [-0.15, -0.1) is 11.8 Å². The lowest BCUT2D eigenvalue weighted by Gasteiger charge is -2.26. The van der Waals surface area contributed by atoms with Gasteiger partial charge in [-0.2, -0.15) is 5.26 Å². The molecule has 0 amide bonds. The molecule has 3 nitrogen and oxygen atoms in total. The number of nitrogens with one attached hydrogen (secondary N) is 1. The van der Waals surface area contributed by atoms with E-state index >= 15 is 0 Å². The fraction of sp³-hybridized carbons (Fsp3) is 0.353. The number of benzene rings is 1. The fourth-order valence-corrected chi connectivity index (χ4v) is 3.96. The van der Waals surface area contributed by atoms with Crippen molar-refractivity contribution in [2.45, 2.75) is 30.8 Å². The van der Waals surface area contributed by atoms with E-state index in [1.54, 1.807) is 0 Å². The summed E-state index contributed by atoms with van der Waals surface area (Å²) in [7, 11) is 1.95. The molecule has 3 rings (SSSR count). The first kappa shape index (κ1) is 14.2. The smallest absolute Gasteiger partial charge is 0.120 e. The summed E-state index contributed by atoms with van der Waals surface area (Å²) < 4.78 is 1.96. The van der Waals surface area contributed by atoms with Gasteiger partial charge in [-0.05, 0) is 42.4 Å². The summed E-state index contributed by atoms with van der Waals surface area (Å²) in [6.07, 6.45) is 1.15. The maximum Gasteiger partial charge on any atom is 0.120 e. The van der Waals surface area contributed by atoms with Crippen molar-refractivity contribution >= 4 is 11.8 Å². The van der Waals surface area contributed by atoms with Crippen molar-refractivity contribution in [3.63, 3.8) is 0 Å². The minimum absolute atomic E-state index is 0.410. The minimum atomic E-state index is 0.410. The van der Waals surface area contributed by atoms with Crippen LogP contribution >= 0.6 is 11.8 Å². The molecule has 2 heterocycles. The number of rotatable bonds is 3. The van der Waals surface area contributed by atoms with Gasteiger partial charge in [-0.3, -0.25) is 0 Å². The molecule has 1 aromatic carbocycles. The number of nitrogens with zero attached hydrogens (tertiary/aromatic N) is 2. The van der Waals surface area contributed by atoms with Crippen LogP contribution in [0.25, 0.3) is 0 Å². The van der Waals surface area contributed by atoms with Gasteiger partial charge in [0, 0.05) is 30.2 Å². The van der Waals surface area contributed by atoms with Gasteiger partial charge < -0.3 is 9.88 Å². The van der Waals surface area contributed by atoms with Crippen molar-refractivity contribution in [3.05, 3.63) is 52.8 Å². The summed E-state index contributed by atoms with van der Waals surface area (Å²) >= 11 is 1.94. The van der Waals surface area contributed by atoms with Gasteiger partial charge in [0.1, 0.15) is 11.8 Å². The van der Waals surface area contributed by atoms with Crippen LogP contribution in [0, 0.1) is 18.3 Å². The summed E-state index contributed by atoms with van der Waals surface area (Å²) in [5, 5.41) is 12.8. The fourth-order valence-electron chi connectivity index (χ4n) is 2.84. The highest BCUT2D eigenvalue weighted by atomic mass is 32.2. The van der Waals surface area contributed by atoms with E-state index in [0.717, 1.165) is 30.1 Å². The van der Waals surface area contributed by atoms with Crippen LogP contribution in [0.1, 0.15) is 35.0 Å². The molecule has 1 unspecified atom stereocenters. The van der Waals surface area contributed by atoms with Crippen LogP contribution < -0.4 is 5.32 Å². The Kier molecular flexibility index (Phi) is 4.05. The van der Waals surface area contributed by atoms with Crippen LogP contribution in [0.4, 0.5) is 0 Å². The first-order chi connectivity index (χ1) is 10.2. The van der Waals surface area contributed by atoms with Gasteiger partial charge in [0.2, 0.25) is 0 Å². The van der Waals surface area contributed by atoms with E-state index in [1.165, 1.54) is 16.0 Å². The van der Waals surface area contributed by atoms with Crippen LogP contribution in [-0.4, -0.2) is 10.3 Å². The zero-order chi connectivity index (χ0) is 14.8. The number of thioether (sulfide) groups is 1. The van der Waals surface area contributed by atoms with Crippen molar-refractivity contribution in [3.8, 4) is 6.07 Å². The quantitative estimate of drug-likeness (QED) is 0.942. The second kappa shape index (κ2) is 5.97. The predicted molar refractivity (Wildman–Crippen MR) is 86.2 cm³/mol. The first-order valence-electron chi connectivity index (χ1n) is 7.21. The van der Waals surface area contributed by atoms with Crippen molar-refractivity contribution in [2.75, 3.05) is 5.75 Å². The number of hydrogen-bond donors (Lipinski definition) is 1. The second-order valence-corrected chi connectivity index (χ2v) is 6.56. The van der Waals surface area contributed by atoms with E-state index in [9.17, 15) is 0 Å². The van der Waals surface area contributed by atoms with Gasteiger partial charge in [0.25, 0.3) is 0 Å². The molecule has 0 fully saturated rings. The van der Waals surface area contributed by atoms with Gasteiger partial charge in [-0.25, -0.2) is 0 Å². The second-order valence-electron chi connectivity index (χ2n) is 5.42. The molecule has 4 heteroatoms. The molecule has 1 atom stereocenters. The highest BCUT2D eigenvalue weighted by Crippen LogP contribution is 2.36. The van der Waals surface area contributed by atoms with Crippen LogP contribution in [0.5, 0.6) is 0 Å². The number of nitriles is 1. The molecule has 1 N–H and O–H groups in total. The molecular weight excluding hydrogens is 278 g/mol. The number of hydrogen-bond acceptors (Lipinski definition) is 3. The normalized spacial score (nSPS) is 17.3. The maximum absolute atomic E-state index is 9.11. The molecule has 0 saturated heterocycles. The Balaban J connectivity index is 1.76. The monoisotopic (exact) mass is 297 g/mol. The average Bonchev–Trinajstić information content (AvgIpc) is 2.80. The van der Waals surface area contributed by atoms with Gasteiger partial charge in [0.15, 0.2) is 0 Å². The van der Waals surface area contributed by atoms with Gasteiger partial charge >= 0.3 is 0 Å². The molecule has 2 aromatic rings. The van der Waals surface area contributed by atoms with E-state index in [-0.39, 0.29) is 0 Å². The third kappa shape index (κ3) is 2.72. The van der Waals surface area contributed by atoms with Crippen LogP contribution in [0.15, 0.2) is 35.2 Å². The lowest BCUT2D eigenvalue weighted by molar-refractivity contribution is 0.509. The Morgan fingerprint density at radius 2 is 2.24 bits per heavy atom. The molecule has 0 bridgehead atoms. The molecule has 21 heavy (non-hydrogen) atoms. The minimum Gasteiger partial charge on any atom is -0.340 e. The molecule has 0 spiro atoms. The van der Waals surface area contributed by atoms with Crippen molar-refractivity contribution in [2.24, 2.45) is 7.05 Å². The maximum atomic E-state index is 9.11. The highest BCUT2D eigenvalue weighted by Gasteiger charge is 2.20. The standard InChI is InChI=1S/C17H19N3S/c1-12-13(9-14(10-18)20(12)2)11-19-16-7-8-21-17-6-4-3-5-15(16)17/h3-6,9,16,19H,7-8,11H2,1-2H3. The molecule has 0 saturated carbocycles. The summed E-state index contributed by atoms with van der Waals surface area (Å²) in [6, 6.07) is 13.3. The van der Waals surface area contributed by atoms with Crippen LogP contribution in [0.2, 0.25) is 0 Å². The van der Waals surface area contributed by atoms with Crippen molar-refractivity contribution in [1.82, 2.24) is 9.88 Å². The van der Waals surface area contributed by atoms with Crippen LogP contribution in [-0.2, 0) is 13.6 Å². The van der Waals surface area contributed by atoms with Crippen molar-refractivity contribution < 1.29 is 0 Å². The zero-order valence-electron chi connectivity index (χ0n) is 12.4. The summed E-state index contributed by atoms with van der Waals surface area (Å²) in [6.45, 7) is 2.88. The number of fused-ring (bicyclic) bond motifs is 1. The van der Waals surface area contributed by atoms with E-state index < -0.39 is 0 Å². The first-order valence-corrected chi connectivity index (χ1v) is 8.19. The highest BCUT2D eigenvalue weighted by molar-refractivity contribution is 7.99. The molecule has 1 aliphatic heterocycles. The molecule has 0 aliphatic carbocycles. The van der Waals surface area contributed by atoms with Gasteiger partial charge in [0.05, 0.1) is 0 Å². The largest absolute Gasteiger partial charge is 0.340 e. The van der Waals surface area contributed by atoms with Crippen molar-refractivity contribution in [1.29, 1.82) is 5.26 Å². The third-order valence-corrected chi connectivity index (χ3v) is 5.37. The predicted octanol–water partition coefficient (Wildman–Crippen LogP) is 3.53. The SMILES string of the molecule is Cc1c(CNC2CCSc3ccccc32)cc(C#N)n1C. The van der Waals surface area contributed by atoms with Crippen LogP contribution in [0.3, 0.4) is 0 Å². The lowest BCUT2D eigenvalue weighted by atomic mass is 10.0. The molecule has 1 aromatic heterocycles. The number of aromatic nitrogens is 1. The van der Waals surface area contributed by atoms with E-state index in [1.807, 2.05) is 29.4 Å². The molecule has 1 aliphatic rings. The zero-order valence-corrected chi connectivity index (χ0v) is 13.2. The Morgan fingerprint density at radius 3 is 3.00 bits per heavy atom. The summed E-state index contributed by atoms with van der Waals surface area (Å²) in [4.78, 5) is 1.39. The third-order valence-electron chi connectivity index (χ3n) is 4.25. The van der Waals surface area contributed by atoms with E-state index in [0.29, 0.717) is 6.04 Å². The molecule has 0 radical (unpaired) electrons. The van der Waals surface area contributed by atoms with E-state index in [2.05, 4.69) is 42.6 Å². The average molecular weight is 297 g/mol.